The van der Waals surface area contributed by atoms with Crippen molar-refractivity contribution in [2.24, 2.45) is 0 Å². The van der Waals surface area contributed by atoms with E-state index in [0.717, 1.165) is 0 Å². The van der Waals surface area contributed by atoms with Gasteiger partial charge in [-0.1, -0.05) is 0 Å². The molecule has 0 N–H and O–H groups in total. The van der Waals surface area contributed by atoms with Crippen molar-refractivity contribution in [3.05, 3.63) is 0 Å². The molecule has 1 heteroatoms. The third kappa shape index (κ3) is 2.37. The normalized spacial score (nSPS) is 15.3. The Bertz CT molecular complexity index is 116. The molecule has 0 aliphatic carbocycles. The Labute approximate surface area is 76.6 Å². The van der Waals surface area contributed by atoms with Crippen molar-refractivity contribution in [2.75, 3.05) is 0 Å². The molecule has 0 heterocycles. The third-order valence-corrected chi connectivity index (χ3v) is 25.2. The fourth-order valence-corrected chi connectivity index (χ4v) is 7.55. The van der Waals surface area contributed by atoms with Gasteiger partial charge in [0.05, 0.1) is 0 Å². The summed E-state index contributed by atoms with van der Waals surface area (Å²) in [6.45, 7) is 14.5. The summed E-state index contributed by atoms with van der Waals surface area (Å²) in [5, 5.41) is 0. The number of hydrogen-bond donors (Lipinski definition) is 0. The standard InChI is InChI=1S/2C4H9.2CH3.Sn/c2*1-4(2)3;;;/h2*1-3H3;2*1H3;. The first kappa shape index (κ1) is 11.8. The molecule has 0 aliphatic rings. The zero-order valence-corrected chi connectivity index (χ0v) is 12.4. The summed E-state index contributed by atoms with van der Waals surface area (Å²) in [4.78, 5) is 5.13. The molecule has 0 saturated heterocycles. The second kappa shape index (κ2) is 2.93. The van der Waals surface area contributed by atoms with E-state index in [0.29, 0.717) is 6.86 Å². The van der Waals surface area contributed by atoms with Gasteiger partial charge in [0.25, 0.3) is 0 Å². The van der Waals surface area contributed by atoms with Crippen molar-refractivity contribution in [2.45, 2.75) is 58.3 Å². The van der Waals surface area contributed by atoms with E-state index in [-0.39, 0.29) is 0 Å². The van der Waals surface area contributed by atoms with Gasteiger partial charge >= 0.3 is 76.7 Å². The van der Waals surface area contributed by atoms with Gasteiger partial charge < -0.3 is 0 Å². The Kier molecular flexibility index (Phi) is 3.15. The molecule has 0 aliphatic heterocycles. The quantitative estimate of drug-likeness (QED) is 0.572. The minimum absolute atomic E-state index is 0.590. The van der Waals surface area contributed by atoms with Crippen LogP contribution in [0.3, 0.4) is 0 Å². The van der Waals surface area contributed by atoms with E-state index in [9.17, 15) is 0 Å². The van der Waals surface area contributed by atoms with Gasteiger partial charge in [-0.15, -0.1) is 0 Å². The van der Waals surface area contributed by atoms with Crippen molar-refractivity contribution < 1.29 is 0 Å². The van der Waals surface area contributed by atoms with Crippen LogP contribution in [0.1, 0.15) is 41.5 Å². The molecule has 0 rings (SSSR count). The predicted octanol–water partition coefficient (Wildman–Crippen LogP) is 4.30. The fraction of sp³-hybridized carbons (Fsp3) is 1.00. The first-order valence-corrected chi connectivity index (χ1v) is 13.1. The molecule has 0 spiro atoms. The summed E-state index contributed by atoms with van der Waals surface area (Å²) in [6.07, 6.45) is 0. The van der Waals surface area contributed by atoms with Crippen LogP contribution in [0.25, 0.3) is 0 Å². The van der Waals surface area contributed by atoms with Gasteiger partial charge in [0.15, 0.2) is 0 Å². The Morgan fingerprint density at radius 2 is 0.818 bits per heavy atom. The maximum atomic E-state index is 2.56. The summed E-state index contributed by atoms with van der Waals surface area (Å²) in [6, 6.07) is 0. The minimum atomic E-state index is -1.86. The van der Waals surface area contributed by atoms with Crippen LogP contribution in [0, 0.1) is 0 Å². The number of hydrogen-bond acceptors (Lipinski definition) is 0. The molecule has 0 unspecified atom stereocenters. The van der Waals surface area contributed by atoms with E-state index in [1.54, 1.807) is 0 Å². The van der Waals surface area contributed by atoms with Crippen molar-refractivity contribution in [3.63, 3.8) is 0 Å². The molecule has 0 aromatic carbocycles. The van der Waals surface area contributed by atoms with E-state index in [1.165, 1.54) is 0 Å². The molecule has 0 radical (unpaired) electrons. The van der Waals surface area contributed by atoms with Gasteiger partial charge in [-0.05, 0) is 0 Å². The molecule has 0 aromatic heterocycles. The van der Waals surface area contributed by atoms with Crippen molar-refractivity contribution in [1.82, 2.24) is 0 Å². The molecule has 11 heavy (non-hydrogen) atoms. The topological polar surface area (TPSA) is 0 Å². The summed E-state index contributed by atoms with van der Waals surface area (Å²) in [7, 11) is 0. The summed E-state index contributed by atoms with van der Waals surface area (Å²) >= 11 is -1.86. The van der Waals surface area contributed by atoms with Crippen LogP contribution in [0.15, 0.2) is 0 Å². The van der Waals surface area contributed by atoms with Gasteiger partial charge in [0.2, 0.25) is 0 Å². The Balaban J connectivity index is 4.75. The maximum absolute atomic E-state index is 2.56. The summed E-state index contributed by atoms with van der Waals surface area (Å²) in [5.74, 6) is 0. The number of rotatable bonds is 0. The van der Waals surface area contributed by atoms with Crippen LogP contribution >= 0.6 is 0 Å². The molecular weight excluding hydrogens is 239 g/mol. The van der Waals surface area contributed by atoms with Gasteiger partial charge in [0, 0.05) is 0 Å². The predicted molar refractivity (Wildman–Crippen MR) is 56.9 cm³/mol. The first-order chi connectivity index (χ1) is 4.50. The fourth-order valence-electron chi connectivity index (χ4n) is 1.12. The van der Waals surface area contributed by atoms with Gasteiger partial charge in [-0.25, -0.2) is 0 Å². The van der Waals surface area contributed by atoms with Crippen LogP contribution in [0.2, 0.25) is 16.7 Å². The second-order valence-electron chi connectivity index (χ2n) is 6.12. The molecule has 0 bridgehead atoms. The van der Waals surface area contributed by atoms with Crippen LogP contribution in [-0.4, -0.2) is 18.4 Å². The molecule has 0 amide bonds. The molecule has 0 nitrogen and oxygen atoms in total. The van der Waals surface area contributed by atoms with Gasteiger partial charge in [0.1, 0.15) is 0 Å². The zero-order chi connectivity index (χ0) is 9.50. The van der Waals surface area contributed by atoms with E-state index in [2.05, 4.69) is 51.4 Å². The molecule has 0 aromatic rings. The first-order valence-electron chi connectivity index (χ1n) is 4.50. The molecule has 0 atom stereocenters. The molecule has 68 valence electrons. The van der Waals surface area contributed by atoms with Crippen molar-refractivity contribution in [3.8, 4) is 0 Å². The average Bonchev–Trinajstić information content (AvgIpc) is 1.58. The SMILES string of the molecule is C[C](C)(C)[Sn]([CH3])([CH3])[C](C)(C)C. The van der Waals surface area contributed by atoms with E-state index in [4.69, 9.17) is 0 Å². The van der Waals surface area contributed by atoms with Crippen molar-refractivity contribution in [1.29, 1.82) is 0 Å². The Morgan fingerprint density at radius 1 is 0.636 bits per heavy atom. The van der Waals surface area contributed by atoms with E-state index in [1.807, 2.05) is 0 Å². The Morgan fingerprint density at radius 3 is 0.818 bits per heavy atom. The van der Waals surface area contributed by atoms with Gasteiger partial charge in [-0.3, -0.25) is 0 Å². The summed E-state index contributed by atoms with van der Waals surface area (Å²) < 4.78 is 1.18. The van der Waals surface area contributed by atoms with E-state index >= 15 is 0 Å². The monoisotopic (exact) mass is 264 g/mol. The average molecular weight is 263 g/mol. The van der Waals surface area contributed by atoms with Gasteiger partial charge in [-0.2, -0.15) is 0 Å². The molecular formula is C10H24Sn. The molecule has 0 saturated carbocycles. The van der Waals surface area contributed by atoms with E-state index < -0.39 is 18.4 Å². The van der Waals surface area contributed by atoms with Crippen molar-refractivity contribution >= 4 is 18.4 Å². The van der Waals surface area contributed by atoms with Crippen LogP contribution < -0.4 is 0 Å². The molecule has 0 fully saturated rings. The zero-order valence-electron chi connectivity index (χ0n) is 9.50. The van der Waals surface area contributed by atoms with Crippen LogP contribution in [0.4, 0.5) is 0 Å². The Hall–Kier alpha value is 0.799. The summed E-state index contributed by atoms with van der Waals surface area (Å²) in [5.41, 5.74) is 0. The second-order valence-corrected chi connectivity index (χ2v) is 24.0. The van der Waals surface area contributed by atoms with Crippen LogP contribution in [0.5, 0.6) is 0 Å². The third-order valence-electron chi connectivity index (χ3n) is 3.75. The van der Waals surface area contributed by atoms with Crippen LogP contribution in [-0.2, 0) is 0 Å².